The van der Waals surface area contributed by atoms with Gasteiger partial charge in [-0.25, -0.2) is 0 Å². The minimum Gasteiger partial charge on any atom is -1.00 e. The van der Waals surface area contributed by atoms with Gasteiger partial charge in [0.25, 0.3) is 12.0 Å². The predicted octanol–water partition coefficient (Wildman–Crippen LogP) is -6.20. The van der Waals surface area contributed by atoms with Crippen LogP contribution in [0.15, 0.2) is 0 Å². The third-order valence-electron chi connectivity index (χ3n) is 1.76. The molecule has 11 nitrogen and oxygen atoms in total. The molecule has 0 saturated carbocycles. The minimum absolute atomic E-state index is 0. The zero-order valence-corrected chi connectivity index (χ0v) is 20.3. The average Bonchev–Trinajstić information content (AvgIpc) is 2.50. The molecule has 27 heavy (non-hydrogen) atoms. The summed E-state index contributed by atoms with van der Waals surface area (Å²) in [5.74, 6) is 0.178. The Morgan fingerprint density at radius 3 is 1.15 bits per heavy atom. The molecular formula is C13H32Br2CuN8O3. The van der Waals surface area contributed by atoms with Gasteiger partial charge in [0, 0.05) is 20.2 Å². The van der Waals surface area contributed by atoms with Crippen LogP contribution in [0.4, 0.5) is 0 Å². The summed E-state index contributed by atoms with van der Waals surface area (Å²) in [5, 5.41) is 45.7. The summed E-state index contributed by atoms with van der Waals surface area (Å²) in [6, 6.07) is -0.197. The Labute approximate surface area is 193 Å². The first-order chi connectivity index (χ1) is 11.4. The number of hydrogen-bond donors (Lipinski definition) is 9. The number of halogens is 2. The van der Waals surface area contributed by atoms with Crippen molar-refractivity contribution >= 4 is 24.0 Å². The van der Waals surface area contributed by atoms with Gasteiger partial charge < -0.3 is 59.2 Å². The molecule has 0 saturated heterocycles. The van der Waals surface area contributed by atoms with E-state index in [0.29, 0.717) is 26.3 Å². The van der Waals surface area contributed by atoms with E-state index in [1.165, 1.54) is 0 Å². The van der Waals surface area contributed by atoms with Crippen LogP contribution >= 0.6 is 0 Å². The fraction of sp³-hybridized carbons (Fsp3) is 0.692. The van der Waals surface area contributed by atoms with Gasteiger partial charge >= 0.3 is 17.1 Å². The summed E-state index contributed by atoms with van der Waals surface area (Å²) in [7, 11) is 1.00. The Kier molecular flexibility index (Phi) is 48.9. The molecule has 0 atom stereocenters. The number of amidine groups is 2. The molecule has 0 aromatic heterocycles. The van der Waals surface area contributed by atoms with E-state index in [1.807, 2.05) is 13.8 Å². The fourth-order valence-electron chi connectivity index (χ4n) is 1.03. The first-order valence-electron chi connectivity index (χ1n) is 7.47. The maximum absolute atomic E-state index is 7.15. The summed E-state index contributed by atoms with van der Waals surface area (Å²) < 4.78 is 9.50. The van der Waals surface area contributed by atoms with Gasteiger partial charge in [0.15, 0.2) is 11.9 Å². The van der Waals surface area contributed by atoms with Crippen LogP contribution in [0.5, 0.6) is 0 Å². The average molecular weight is 572 g/mol. The molecule has 14 heteroatoms. The van der Waals surface area contributed by atoms with E-state index in [0.717, 1.165) is 7.11 Å². The molecule has 0 bridgehead atoms. The normalized spacial score (nSPS) is 7.19. The number of rotatable bonds is 4. The fourth-order valence-corrected chi connectivity index (χ4v) is 1.03. The molecule has 0 aromatic rings. The SMILES string of the molecule is CCNC(=N)NC(=N)OCC.CCNC(=N)NC(=N)OCC.CO.[Br-].[Br-].[Cu+2]. The van der Waals surface area contributed by atoms with E-state index >= 15 is 0 Å². The second-order valence-corrected chi connectivity index (χ2v) is 3.58. The first kappa shape index (κ1) is 40.6. The van der Waals surface area contributed by atoms with Crippen LogP contribution in [0.1, 0.15) is 27.7 Å². The molecule has 0 heterocycles. The molecule has 0 unspecified atom stereocenters. The van der Waals surface area contributed by atoms with Gasteiger partial charge in [0.05, 0.1) is 13.2 Å². The minimum atomic E-state index is -0.0987. The van der Waals surface area contributed by atoms with Gasteiger partial charge in [-0.3, -0.25) is 32.3 Å². The number of nitrogens with one attached hydrogen (secondary N) is 8. The molecule has 0 aromatic carbocycles. The second kappa shape index (κ2) is 32.6. The van der Waals surface area contributed by atoms with Crippen LogP contribution in [0.2, 0.25) is 0 Å². The summed E-state index contributed by atoms with van der Waals surface area (Å²) >= 11 is 0. The van der Waals surface area contributed by atoms with Crippen LogP contribution in [0, 0.1) is 21.6 Å². The zero-order chi connectivity index (χ0) is 19.4. The van der Waals surface area contributed by atoms with E-state index < -0.39 is 0 Å². The maximum Gasteiger partial charge on any atom is 2.00 e. The van der Waals surface area contributed by atoms with E-state index in [2.05, 4.69) is 21.3 Å². The summed E-state index contributed by atoms with van der Waals surface area (Å²) in [6.07, 6.45) is 0. The van der Waals surface area contributed by atoms with Crippen LogP contribution in [0.3, 0.4) is 0 Å². The van der Waals surface area contributed by atoms with E-state index in [1.54, 1.807) is 13.8 Å². The monoisotopic (exact) mass is 569 g/mol. The van der Waals surface area contributed by atoms with Gasteiger partial charge in [-0.05, 0) is 27.7 Å². The Morgan fingerprint density at radius 2 is 0.963 bits per heavy atom. The van der Waals surface area contributed by atoms with Crippen LogP contribution in [-0.2, 0) is 26.5 Å². The van der Waals surface area contributed by atoms with Gasteiger partial charge in [-0.2, -0.15) is 0 Å². The van der Waals surface area contributed by atoms with Gasteiger partial charge in [0.1, 0.15) is 0 Å². The van der Waals surface area contributed by atoms with Crippen molar-refractivity contribution < 1.29 is 65.6 Å². The molecule has 0 aliphatic heterocycles. The summed E-state index contributed by atoms with van der Waals surface area (Å²) in [4.78, 5) is 0. The quantitative estimate of drug-likeness (QED) is 0.0914. The Balaban J connectivity index is -0.0000000677. The van der Waals surface area contributed by atoms with Crippen molar-refractivity contribution in [3.63, 3.8) is 0 Å². The summed E-state index contributed by atoms with van der Waals surface area (Å²) in [5.41, 5.74) is 0. The number of ether oxygens (including phenoxy) is 2. The Morgan fingerprint density at radius 1 is 0.704 bits per heavy atom. The molecule has 167 valence electrons. The van der Waals surface area contributed by atoms with Gasteiger partial charge in [0.2, 0.25) is 0 Å². The molecule has 1 radical (unpaired) electrons. The first-order valence-corrected chi connectivity index (χ1v) is 7.47. The number of guanidine groups is 2. The molecule has 0 spiro atoms. The molecule has 0 fully saturated rings. The Bertz CT molecular complexity index is 313. The van der Waals surface area contributed by atoms with Crippen LogP contribution in [-0.4, -0.2) is 62.5 Å². The number of hydrogen-bond acceptors (Lipinski definition) is 7. The maximum atomic E-state index is 7.15. The van der Waals surface area contributed by atoms with Crippen molar-refractivity contribution in [2.75, 3.05) is 33.4 Å². The largest absolute Gasteiger partial charge is 2.00 e. The standard InChI is InChI=1S/2C6H14N4O.CH4O.2BrH.Cu/c2*1-3-9-5(7)10-6(8)11-4-2;1-2;;;/h2*3-4H2,1-2H3,(H4,7,8,9,10);2H,1H3;2*1H;/q;;;;;+2/p-2. The third-order valence-corrected chi connectivity index (χ3v) is 1.76. The van der Waals surface area contributed by atoms with Gasteiger partial charge in [-0.1, -0.05) is 0 Å². The summed E-state index contributed by atoms with van der Waals surface area (Å²) in [6.45, 7) is 9.51. The van der Waals surface area contributed by atoms with Crippen molar-refractivity contribution in [1.82, 2.24) is 21.3 Å². The molecule has 0 aliphatic rings. The van der Waals surface area contributed by atoms with Crippen molar-refractivity contribution in [2.24, 2.45) is 0 Å². The Hall–Kier alpha value is -1.08. The number of aliphatic hydroxyl groups excluding tert-OH is 1. The van der Waals surface area contributed by atoms with Crippen LogP contribution < -0.4 is 55.2 Å². The second-order valence-electron chi connectivity index (χ2n) is 3.58. The van der Waals surface area contributed by atoms with Crippen molar-refractivity contribution in [3.8, 4) is 0 Å². The zero-order valence-electron chi connectivity index (χ0n) is 16.1. The van der Waals surface area contributed by atoms with E-state index in [9.17, 15) is 0 Å². The molecule has 0 amide bonds. The molecule has 9 N–H and O–H groups in total. The van der Waals surface area contributed by atoms with E-state index in [4.69, 9.17) is 36.2 Å². The topological polar surface area (TPSA) is 182 Å². The van der Waals surface area contributed by atoms with Crippen molar-refractivity contribution in [2.45, 2.75) is 27.7 Å². The number of aliphatic hydroxyl groups is 1. The van der Waals surface area contributed by atoms with Gasteiger partial charge in [-0.15, -0.1) is 0 Å². The molecule has 0 rings (SSSR count). The van der Waals surface area contributed by atoms with Crippen molar-refractivity contribution in [1.29, 1.82) is 21.6 Å². The van der Waals surface area contributed by atoms with Crippen LogP contribution in [0.25, 0.3) is 0 Å². The van der Waals surface area contributed by atoms with Crippen molar-refractivity contribution in [3.05, 3.63) is 0 Å². The molecular weight excluding hydrogens is 540 g/mol. The molecule has 0 aliphatic carbocycles. The third kappa shape index (κ3) is 36.6. The predicted molar refractivity (Wildman–Crippen MR) is 95.9 cm³/mol. The van der Waals surface area contributed by atoms with E-state index in [-0.39, 0.29) is 75.0 Å². The smallest absolute Gasteiger partial charge is 1.00 e.